The molecule has 1 atom stereocenters. The summed E-state index contributed by atoms with van der Waals surface area (Å²) in [5.74, 6) is -1.92. The highest BCUT2D eigenvalue weighted by atomic mass is 19.1. The number of hydrogen-bond acceptors (Lipinski definition) is 13. The number of amides is 7. The number of anilines is 4. The van der Waals surface area contributed by atoms with Crippen LogP contribution in [0, 0.1) is 24.6 Å². The number of carbonyl (C=O) groups excluding carboxylic acids is 7. The molecule has 5 saturated heterocycles. The van der Waals surface area contributed by atoms with Gasteiger partial charge < -0.3 is 39.7 Å². The van der Waals surface area contributed by atoms with Gasteiger partial charge in [-0.15, -0.1) is 0 Å². The molecule has 1 saturated carbocycles. The van der Waals surface area contributed by atoms with Crippen molar-refractivity contribution in [3.8, 4) is 11.3 Å². The lowest BCUT2D eigenvalue weighted by molar-refractivity contribution is -0.144. The molecule has 3 N–H and O–H groups in total. The van der Waals surface area contributed by atoms with Crippen molar-refractivity contribution < 1.29 is 38.0 Å². The van der Waals surface area contributed by atoms with E-state index in [1.807, 2.05) is 55.4 Å². The van der Waals surface area contributed by atoms with Crippen molar-refractivity contribution in [2.45, 2.75) is 141 Å². The second-order valence-electron chi connectivity index (χ2n) is 25.6. The molecule has 7 amide bonds. The fourth-order valence-electron chi connectivity index (χ4n) is 14.8. The largest absolute Gasteiger partial charge is 0.371 e. The molecular formula is C64H75FN12O7. The van der Waals surface area contributed by atoms with Gasteiger partial charge >= 0.3 is 0 Å². The van der Waals surface area contributed by atoms with Crippen LogP contribution in [0.3, 0.4) is 0 Å². The summed E-state index contributed by atoms with van der Waals surface area (Å²) in [4.78, 5) is 117. The number of imide groups is 2. The van der Waals surface area contributed by atoms with Gasteiger partial charge in [-0.1, -0.05) is 24.6 Å². The summed E-state index contributed by atoms with van der Waals surface area (Å²) in [7, 11) is 0. The fourth-order valence-corrected chi connectivity index (χ4v) is 14.8. The summed E-state index contributed by atoms with van der Waals surface area (Å²) >= 11 is 0. The molecule has 6 fully saturated rings. The average Bonchev–Trinajstić information content (AvgIpc) is 2.77. The van der Waals surface area contributed by atoms with Crippen LogP contribution >= 0.6 is 0 Å². The number of aryl methyl sites for hydroxylation is 1. The maximum absolute atomic E-state index is 16.0. The zero-order valence-corrected chi connectivity index (χ0v) is 48.7. The van der Waals surface area contributed by atoms with E-state index in [1.54, 1.807) is 31.5 Å². The number of fused-ring (bicyclic) bond motifs is 4. The lowest BCUT2D eigenvalue weighted by atomic mass is 9.73. The first-order chi connectivity index (χ1) is 40.4. The third-order valence-electron chi connectivity index (χ3n) is 19.5. The number of piperidine rings is 4. The molecule has 8 aliphatic rings. The number of aromatic nitrogens is 3. The smallest absolute Gasteiger partial charge is 0.264 e. The molecular weight excluding hydrogens is 1070 g/mol. The first-order valence-electron chi connectivity index (χ1n) is 30.5. The number of carbonyl (C=O) groups is 7. The van der Waals surface area contributed by atoms with E-state index in [9.17, 15) is 28.8 Å². The van der Waals surface area contributed by atoms with Crippen LogP contribution in [-0.4, -0.2) is 159 Å². The van der Waals surface area contributed by atoms with Crippen molar-refractivity contribution >= 4 is 75.3 Å². The second-order valence-corrected chi connectivity index (χ2v) is 25.6. The van der Waals surface area contributed by atoms with Crippen LogP contribution in [0.25, 0.3) is 22.3 Å². The van der Waals surface area contributed by atoms with Gasteiger partial charge in [0.1, 0.15) is 17.4 Å². The molecule has 1 aliphatic carbocycles. The van der Waals surface area contributed by atoms with Gasteiger partial charge in [0.2, 0.25) is 23.6 Å². The number of imidazole rings is 1. The quantitative estimate of drug-likeness (QED) is 0.0980. The first-order valence-corrected chi connectivity index (χ1v) is 30.5. The minimum absolute atomic E-state index is 0.0113. The third kappa shape index (κ3) is 9.69. The van der Waals surface area contributed by atoms with Crippen molar-refractivity contribution in [1.29, 1.82) is 0 Å². The highest BCUT2D eigenvalue weighted by Crippen LogP contribution is 2.53. The fraction of sp³-hybridized carbons (Fsp3) is 0.516. The van der Waals surface area contributed by atoms with Crippen LogP contribution in [0.4, 0.5) is 27.3 Å². The molecule has 19 nitrogen and oxygen atoms in total. The predicted molar refractivity (Wildman–Crippen MR) is 316 cm³/mol. The molecule has 20 heteroatoms. The van der Waals surface area contributed by atoms with Crippen molar-refractivity contribution in [2.24, 2.45) is 11.8 Å². The van der Waals surface area contributed by atoms with E-state index >= 15 is 9.18 Å². The van der Waals surface area contributed by atoms with Crippen LogP contribution in [0.1, 0.15) is 147 Å². The van der Waals surface area contributed by atoms with Crippen LogP contribution in [0.15, 0.2) is 60.9 Å². The normalized spacial score (nSPS) is 23.2. The molecule has 1 spiro atoms. The van der Waals surface area contributed by atoms with Crippen LogP contribution < -0.4 is 25.8 Å². The SMILES string of the molecule is Cc1cc(F)c(Nc2nc(-c3ccc4c(c3)N(C3CC(N5CCCCC5)C3)C(=O)C43CCN(C(=O)C4CN(CC5CCN(c6cccc7c6C(=O)N(C6CCC(=O)NC6=O)C7=O)CC5)C4)CC3)cc3ncn(C(C)C)c23)cc1C(=O)NC(C)C. The van der Waals surface area contributed by atoms with E-state index in [1.165, 1.54) is 25.3 Å². The molecule has 440 valence electrons. The standard InChI is InChI=1S/C64H75FN12O7/c1-36(2)67-58(79)45-30-49(47(65)26-38(45)5)69-57-56-50(66-35-75(56)37(3)4)31-48(68-57)40-12-13-46-53(27-40)76(43-28-42(29-43)72-20-7-6-8-21-72)63(84)64(46)18-24-74(25-19-64)60(81)41-33-71(34-41)32-39-16-22-73(23-17-39)51-11-9-10-44-55(51)62(83)77(61(44)82)52-14-15-54(78)70-59(52)80/h9-13,26-27,30-31,35-37,39,41-43,52H,6-8,14-25,28-29,32-34H2,1-5H3,(H,67,79)(H,68,69)(H,70,78,80). The van der Waals surface area contributed by atoms with Crippen molar-refractivity contribution in [1.82, 2.24) is 44.8 Å². The Bertz CT molecular complexity index is 3530. The summed E-state index contributed by atoms with van der Waals surface area (Å²) in [5.41, 5.74) is 6.15. The minimum Gasteiger partial charge on any atom is -0.371 e. The molecule has 5 aromatic rings. The number of pyridine rings is 1. The molecule has 9 heterocycles. The Morgan fingerprint density at radius 2 is 1.57 bits per heavy atom. The van der Waals surface area contributed by atoms with Gasteiger partial charge in [-0.3, -0.25) is 43.8 Å². The molecule has 13 rings (SSSR count). The number of benzene rings is 3. The lowest BCUT2D eigenvalue weighted by Gasteiger charge is -2.48. The molecule has 3 aromatic carbocycles. The van der Waals surface area contributed by atoms with Gasteiger partial charge in [-0.25, -0.2) is 14.4 Å². The van der Waals surface area contributed by atoms with E-state index in [4.69, 9.17) is 9.97 Å². The molecule has 1 unspecified atom stereocenters. The van der Waals surface area contributed by atoms with Gasteiger partial charge in [0.05, 0.1) is 51.4 Å². The lowest BCUT2D eigenvalue weighted by Crippen LogP contribution is -2.60. The van der Waals surface area contributed by atoms with Gasteiger partial charge in [0, 0.05) is 93.2 Å². The Kier molecular flexibility index (Phi) is 14.4. The number of nitrogens with one attached hydrogen (secondary N) is 3. The number of nitrogens with zero attached hydrogens (tertiary/aromatic N) is 9. The first kappa shape index (κ1) is 55.6. The van der Waals surface area contributed by atoms with Crippen LogP contribution in [0.5, 0.6) is 0 Å². The van der Waals surface area contributed by atoms with Gasteiger partial charge in [-0.05, 0) is 159 Å². The monoisotopic (exact) mass is 1140 g/mol. The van der Waals surface area contributed by atoms with Crippen LogP contribution in [0.2, 0.25) is 0 Å². The van der Waals surface area contributed by atoms with E-state index in [-0.39, 0.29) is 65.9 Å². The van der Waals surface area contributed by atoms with E-state index < -0.39 is 40.9 Å². The molecule has 2 aromatic heterocycles. The Hall–Kier alpha value is -7.58. The maximum Gasteiger partial charge on any atom is 0.264 e. The molecule has 84 heavy (non-hydrogen) atoms. The summed E-state index contributed by atoms with van der Waals surface area (Å²) < 4.78 is 17.9. The summed E-state index contributed by atoms with van der Waals surface area (Å²) in [6, 6.07) is 15.7. The molecule has 0 radical (unpaired) electrons. The number of likely N-dealkylation sites (tertiary alicyclic amines) is 3. The van der Waals surface area contributed by atoms with E-state index in [0.29, 0.717) is 109 Å². The maximum atomic E-state index is 16.0. The Morgan fingerprint density at radius 1 is 0.821 bits per heavy atom. The number of rotatable bonds is 13. The number of hydrogen-bond donors (Lipinski definition) is 3. The topological polar surface area (TPSA) is 206 Å². The minimum atomic E-state index is -1.02. The van der Waals surface area contributed by atoms with E-state index in [2.05, 4.69) is 47.7 Å². The van der Waals surface area contributed by atoms with Gasteiger partial charge in [0.15, 0.2) is 5.82 Å². The van der Waals surface area contributed by atoms with Crippen molar-refractivity contribution in [3.63, 3.8) is 0 Å². The summed E-state index contributed by atoms with van der Waals surface area (Å²) in [6.45, 7) is 16.4. The highest BCUT2D eigenvalue weighted by Gasteiger charge is 2.56. The average molecular weight is 1140 g/mol. The van der Waals surface area contributed by atoms with Crippen LogP contribution in [-0.2, 0) is 24.6 Å². The van der Waals surface area contributed by atoms with Crippen molar-refractivity contribution in [2.75, 3.05) is 74.0 Å². The highest BCUT2D eigenvalue weighted by molar-refractivity contribution is 6.25. The Balaban J connectivity index is 0.691. The Labute approximate surface area is 488 Å². The van der Waals surface area contributed by atoms with Crippen molar-refractivity contribution in [3.05, 3.63) is 94.6 Å². The van der Waals surface area contributed by atoms with Gasteiger partial charge in [0.25, 0.3) is 17.7 Å². The summed E-state index contributed by atoms with van der Waals surface area (Å²) in [6.07, 6.45) is 10.2. The third-order valence-corrected chi connectivity index (χ3v) is 19.5. The predicted octanol–water partition coefficient (Wildman–Crippen LogP) is 7.48. The van der Waals surface area contributed by atoms with Gasteiger partial charge in [-0.2, -0.15) is 0 Å². The molecule has 7 aliphatic heterocycles. The second kappa shape index (κ2) is 21.8. The zero-order chi connectivity index (χ0) is 58.5. The summed E-state index contributed by atoms with van der Waals surface area (Å²) in [5, 5.41) is 8.48. The van der Waals surface area contributed by atoms with E-state index in [0.717, 1.165) is 67.0 Å². The zero-order valence-electron chi connectivity index (χ0n) is 48.7. The Morgan fingerprint density at radius 3 is 2.29 bits per heavy atom. The molecule has 0 bridgehead atoms. The number of halogens is 1.